The molecule has 0 spiro atoms. The van der Waals surface area contributed by atoms with E-state index in [0.717, 1.165) is 24.0 Å². The average molecular weight is 289 g/mol. The van der Waals surface area contributed by atoms with Crippen LogP contribution in [0.25, 0.3) is 0 Å². The van der Waals surface area contributed by atoms with Crippen molar-refractivity contribution in [3.05, 3.63) is 35.4 Å². The number of hydrogen-bond acceptors (Lipinski definition) is 3. The van der Waals surface area contributed by atoms with Crippen LogP contribution >= 0.6 is 0 Å². The minimum Gasteiger partial charge on any atom is -0.368 e. The first-order valence-corrected chi connectivity index (χ1v) is 7.40. The second-order valence-corrected chi connectivity index (χ2v) is 5.78. The standard InChI is InChI=1S/C16H23N3O2/c1-11(17)5-4-8-15(20)19-10-13-7-3-2-6-12(13)9-14(19)16(18)21/h2-3,6-7,11,14H,4-5,8-10,17H2,1H3,(H2,18,21)/t11?,14-/m0/s1. The van der Waals surface area contributed by atoms with E-state index in [0.29, 0.717) is 19.4 Å². The molecule has 4 N–H and O–H groups in total. The topological polar surface area (TPSA) is 89.4 Å². The van der Waals surface area contributed by atoms with Gasteiger partial charge in [0.05, 0.1) is 0 Å². The number of carbonyl (C=O) groups is 2. The molecule has 5 nitrogen and oxygen atoms in total. The normalized spacial score (nSPS) is 19.0. The summed E-state index contributed by atoms with van der Waals surface area (Å²) in [6.45, 7) is 2.38. The number of benzene rings is 1. The molecular weight excluding hydrogens is 266 g/mol. The maximum Gasteiger partial charge on any atom is 0.240 e. The summed E-state index contributed by atoms with van der Waals surface area (Å²) >= 11 is 0. The molecular formula is C16H23N3O2. The van der Waals surface area contributed by atoms with E-state index in [4.69, 9.17) is 11.5 Å². The van der Waals surface area contributed by atoms with E-state index in [1.165, 1.54) is 0 Å². The van der Waals surface area contributed by atoms with Crippen molar-refractivity contribution in [2.75, 3.05) is 0 Å². The summed E-state index contributed by atoms with van der Waals surface area (Å²) in [5, 5.41) is 0. The van der Waals surface area contributed by atoms with E-state index in [-0.39, 0.29) is 11.9 Å². The van der Waals surface area contributed by atoms with Crippen LogP contribution in [0.1, 0.15) is 37.3 Å². The molecule has 1 aromatic carbocycles. The summed E-state index contributed by atoms with van der Waals surface area (Å²) in [5.74, 6) is -0.459. The maximum atomic E-state index is 12.4. The summed E-state index contributed by atoms with van der Waals surface area (Å²) < 4.78 is 0. The third kappa shape index (κ3) is 3.82. The van der Waals surface area contributed by atoms with Gasteiger partial charge in [0.15, 0.2) is 0 Å². The molecule has 0 aromatic heterocycles. The highest BCUT2D eigenvalue weighted by Crippen LogP contribution is 2.24. The van der Waals surface area contributed by atoms with Crippen LogP contribution in [0.5, 0.6) is 0 Å². The van der Waals surface area contributed by atoms with Crippen LogP contribution in [0.2, 0.25) is 0 Å². The first-order valence-electron chi connectivity index (χ1n) is 7.40. The summed E-state index contributed by atoms with van der Waals surface area (Å²) in [7, 11) is 0. The lowest BCUT2D eigenvalue weighted by molar-refractivity contribution is -0.140. The van der Waals surface area contributed by atoms with Gasteiger partial charge in [-0.3, -0.25) is 9.59 Å². The quantitative estimate of drug-likeness (QED) is 0.845. The molecule has 2 amide bonds. The van der Waals surface area contributed by atoms with Gasteiger partial charge in [-0.2, -0.15) is 0 Å². The number of carbonyl (C=O) groups excluding carboxylic acids is 2. The lowest BCUT2D eigenvalue weighted by Gasteiger charge is -2.35. The van der Waals surface area contributed by atoms with Gasteiger partial charge in [-0.1, -0.05) is 24.3 Å². The summed E-state index contributed by atoms with van der Waals surface area (Å²) in [5.41, 5.74) is 13.4. The number of hydrogen-bond donors (Lipinski definition) is 2. The number of primary amides is 1. The summed E-state index contributed by atoms with van der Waals surface area (Å²) in [4.78, 5) is 25.7. The molecule has 114 valence electrons. The third-order valence-electron chi connectivity index (χ3n) is 3.95. The molecule has 1 aliphatic rings. The second-order valence-electron chi connectivity index (χ2n) is 5.78. The highest BCUT2D eigenvalue weighted by molar-refractivity contribution is 5.87. The second kappa shape index (κ2) is 6.72. The minimum atomic E-state index is -0.539. The zero-order valence-electron chi connectivity index (χ0n) is 12.4. The molecule has 2 atom stereocenters. The Kier molecular flexibility index (Phi) is 4.96. The molecule has 1 aromatic rings. The smallest absolute Gasteiger partial charge is 0.240 e. The highest BCUT2D eigenvalue weighted by Gasteiger charge is 2.32. The average Bonchev–Trinajstić information content (AvgIpc) is 2.45. The van der Waals surface area contributed by atoms with Gasteiger partial charge in [0.25, 0.3) is 0 Å². The van der Waals surface area contributed by atoms with Gasteiger partial charge in [-0.05, 0) is 30.9 Å². The van der Waals surface area contributed by atoms with Gasteiger partial charge in [0, 0.05) is 25.4 Å². The molecule has 1 heterocycles. The van der Waals surface area contributed by atoms with Crippen LogP contribution in [-0.2, 0) is 22.6 Å². The predicted octanol–water partition coefficient (Wildman–Crippen LogP) is 0.943. The number of nitrogens with two attached hydrogens (primary N) is 2. The molecule has 0 fully saturated rings. The fourth-order valence-corrected chi connectivity index (χ4v) is 2.76. The van der Waals surface area contributed by atoms with Crippen molar-refractivity contribution in [2.24, 2.45) is 11.5 Å². The van der Waals surface area contributed by atoms with E-state index in [9.17, 15) is 9.59 Å². The number of fused-ring (bicyclic) bond motifs is 1. The van der Waals surface area contributed by atoms with Crippen molar-refractivity contribution in [1.29, 1.82) is 0 Å². The molecule has 0 saturated heterocycles. The SMILES string of the molecule is CC(N)CCCC(=O)N1Cc2ccccc2C[C@H]1C(N)=O. The lowest BCUT2D eigenvalue weighted by Crippen LogP contribution is -2.51. The third-order valence-corrected chi connectivity index (χ3v) is 3.95. The molecule has 1 aliphatic heterocycles. The van der Waals surface area contributed by atoms with Crippen molar-refractivity contribution in [3.8, 4) is 0 Å². The maximum absolute atomic E-state index is 12.4. The Hall–Kier alpha value is -1.88. The zero-order chi connectivity index (χ0) is 15.4. The van der Waals surface area contributed by atoms with Crippen molar-refractivity contribution in [2.45, 2.75) is 51.2 Å². The largest absolute Gasteiger partial charge is 0.368 e. The number of rotatable bonds is 5. The van der Waals surface area contributed by atoms with Crippen LogP contribution in [0, 0.1) is 0 Å². The Morgan fingerprint density at radius 3 is 2.62 bits per heavy atom. The fraction of sp³-hybridized carbons (Fsp3) is 0.500. The highest BCUT2D eigenvalue weighted by atomic mass is 16.2. The van der Waals surface area contributed by atoms with Crippen molar-refractivity contribution < 1.29 is 9.59 Å². The van der Waals surface area contributed by atoms with Gasteiger partial charge in [0.2, 0.25) is 11.8 Å². The molecule has 0 radical (unpaired) electrons. The van der Waals surface area contributed by atoms with Crippen molar-refractivity contribution in [3.63, 3.8) is 0 Å². The number of amides is 2. The lowest BCUT2D eigenvalue weighted by atomic mass is 9.93. The monoisotopic (exact) mass is 289 g/mol. The van der Waals surface area contributed by atoms with E-state index in [2.05, 4.69) is 0 Å². The predicted molar refractivity (Wildman–Crippen MR) is 81.2 cm³/mol. The minimum absolute atomic E-state index is 0.0195. The zero-order valence-corrected chi connectivity index (χ0v) is 12.4. The molecule has 1 unspecified atom stereocenters. The van der Waals surface area contributed by atoms with Crippen molar-refractivity contribution >= 4 is 11.8 Å². The first-order chi connectivity index (χ1) is 9.99. The molecule has 21 heavy (non-hydrogen) atoms. The van der Waals surface area contributed by atoms with Gasteiger partial charge >= 0.3 is 0 Å². The van der Waals surface area contributed by atoms with Crippen LogP contribution < -0.4 is 11.5 Å². The Balaban J connectivity index is 2.09. The Morgan fingerprint density at radius 2 is 2.00 bits per heavy atom. The van der Waals surface area contributed by atoms with E-state index in [1.54, 1.807) is 4.90 Å². The number of nitrogens with zero attached hydrogens (tertiary/aromatic N) is 1. The Morgan fingerprint density at radius 1 is 1.33 bits per heavy atom. The molecule has 2 rings (SSSR count). The van der Waals surface area contributed by atoms with Gasteiger partial charge in [-0.15, -0.1) is 0 Å². The Labute approximate surface area is 125 Å². The van der Waals surface area contributed by atoms with Gasteiger partial charge in [-0.25, -0.2) is 0 Å². The van der Waals surface area contributed by atoms with Gasteiger partial charge < -0.3 is 16.4 Å². The van der Waals surface area contributed by atoms with E-state index >= 15 is 0 Å². The fourth-order valence-electron chi connectivity index (χ4n) is 2.76. The first kappa shape index (κ1) is 15.5. The molecule has 5 heteroatoms. The Bertz CT molecular complexity index is 528. The van der Waals surface area contributed by atoms with Crippen LogP contribution in [0.4, 0.5) is 0 Å². The summed E-state index contributed by atoms with van der Waals surface area (Å²) in [6, 6.07) is 7.42. The van der Waals surface area contributed by atoms with Gasteiger partial charge in [0.1, 0.15) is 6.04 Å². The van der Waals surface area contributed by atoms with E-state index < -0.39 is 11.9 Å². The van der Waals surface area contributed by atoms with Crippen LogP contribution in [0.3, 0.4) is 0 Å². The van der Waals surface area contributed by atoms with E-state index in [1.807, 2.05) is 31.2 Å². The molecule has 0 saturated carbocycles. The molecule has 0 bridgehead atoms. The van der Waals surface area contributed by atoms with Crippen LogP contribution in [-0.4, -0.2) is 28.8 Å². The molecule has 0 aliphatic carbocycles. The van der Waals surface area contributed by atoms with Crippen molar-refractivity contribution in [1.82, 2.24) is 4.90 Å². The summed E-state index contributed by atoms with van der Waals surface area (Å²) in [6.07, 6.45) is 2.45. The van der Waals surface area contributed by atoms with Crippen LogP contribution in [0.15, 0.2) is 24.3 Å².